The molecule has 3 aliphatic carbocycles. The molecule has 31 heavy (non-hydrogen) atoms. The predicted molar refractivity (Wildman–Crippen MR) is 131 cm³/mol. The Labute approximate surface area is 191 Å². The Balaban J connectivity index is 1.31. The van der Waals surface area contributed by atoms with Crippen molar-refractivity contribution < 1.29 is 4.39 Å². The van der Waals surface area contributed by atoms with Crippen LogP contribution < -0.4 is 0 Å². The molecule has 1 aromatic carbocycles. The van der Waals surface area contributed by atoms with Gasteiger partial charge in [-0.2, -0.15) is 0 Å². The van der Waals surface area contributed by atoms with Crippen LogP contribution in [-0.4, -0.2) is 0 Å². The van der Waals surface area contributed by atoms with Crippen LogP contribution in [0.2, 0.25) is 0 Å². The lowest BCUT2D eigenvalue weighted by atomic mass is 9.63. The zero-order chi connectivity index (χ0) is 21.6. The van der Waals surface area contributed by atoms with E-state index in [0.29, 0.717) is 5.92 Å². The molecule has 5 atom stereocenters. The molecule has 1 heteroatoms. The predicted octanol–water partition coefficient (Wildman–Crippen LogP) is 9.39. The lowest BCUT2D eigenvalue weighted by Gasteiger charge is -2.42. The summed E-state index contributed by atoms with van der Waals surface area (Å²) in [5, 5.41) is 0. The van der Waals surface area contributed by atoms with E-state index in [1.807, 2.05) is 6.07 Å². The fourth-order valence-corrected chi connectivity index (χ4v) is 7.41. The number of benzene rings is 1. The lowest BCUT2D eigenvalue weighted by Crippen LogP contribution is -2.31. The molecule has 0 bridgehead atoms. The first-order valence-electron chi connectivity index (χ1n) is 14.0. The van der Waals surface area contributed by atoms with Gasteiger partial charge in [0.1, 0.15) is 5.82 Å². The standard InChI is InChI=1S/C30H47F/c1-3-5-6-7-8-10-23-12-13-25-19-27(16-15-24(25)17-23)29-20-26-14-11-22(9-4-2)18-28(26)21-30(29)31/h20-25,27H,3-19H2,1-2H3. The van der Waals surface area contributed by atoms with E-state index in [0.717, 1.165) is 35.7 Å². The van der Waals surface area contributed by atoms with Gasteiger partial charge in [0, 0.05) is 0 Å². The Morgan fingerprint density at radius 2 is 1.55 bits per heavy atom. The number of hydrogen-bond donors (Lipinski definition) is 0. The second kappa shape index (κ2) is 11.3. The Hall–Kier alpha value is -0.850. The number of hydrogen-bond acceptors (Lipinski definition) is 0. The van der Waals surface area contributed by atoms with Crippen LogP contribution in [0.5, 0.6) is 0 Å². The molecule has 1 aromatic rings. The first-order chi connectivity index (χ1) is 15.2. The molecule has 5 unspecified atom stereocenters. The summed E-state index contributed by atoms with van der Waals surface area (Å²) in [6.07, 6.45) is 22.8. The van der Waals surface area contributed by atoms with Crippen LogP contribution in [-0.2, 0) is 12.8 Å². The van der Waals surface area contributed by atoms with Gasteiger partial charge in [-0.25, -0.2) is 4.39 Å². The molecule has 0 nitrogen and oxygen atoms in total. The van der Waals surface area contributed by atoms with Gasteiger partial charge in [0.25, 0.3) is 0 Å². The van der Waals surface area contributed by atoms with Crippen molar-refractivity contribution in [3.05, 3.63) is 34.6 Å². The highest BCUT2D eigenvalue weighted by atomic mass is 19.1. The summed E-state index contributed by atoms with van der Waals surface area (Å²) < 4.78 is 15.2. The number of fused-ring (bicyclic) bond motifs is 2. The van der Waals surface area contributed by atoms with Gasteiger partial charge < -0.3 is 0 Å². The molecule has 0 aliphatic heterocycles. The van der Waals surface area contributed by atoms with Crippen molar-refractivity contribution in [1.82, 2.24) is 0 Å². The molecule has 0 spiro atoms. The molecule has 0 aromatic heterocycles. The molecular formula is C30H47F. The van der Waals surface area contributed by atoms with Gasteiger partial charge in [0.2, 0.25) is 0 Å². The fourth-order valence-electron chi connectivity index (χ4n) is 7.41. The zero-order valence-corrected chi connectivity index (χ0v) is 20.4. The summed E-state index contributed by atoms with van der Waals surface area (Å²) in [6.45, 7) is 4.58. The third kappa shape index (κ3) is 5.94. The van der Waals surface area contributed by atoms with E-state index >= 15 is 4.39 Å². The average molecular weight is 427 g/mol. The monoisotopic (exact) mass is 426 g/mol. The summed E-state index contributed by atoms with van der Waals surface area (Å²) in [5.74, 6) is 4.14. The summed E-state index contributed by atoms with van der Waals surface area (Å²) in [7, 11) is 0. The third-order valence-corrected chi connectivity index (χ3v) is 9.22. The molecule has 0 saturated heterocycles. The minimum Gasteiger partial charge on any atom is -0.207 e. The van der Waals surface area contributed by atoms with Crippen molar-refractivity contribution in [1.29, 1.82) is 0 Å². The van der Waals surface area contributed by atoms with E-state index in [-0.39, 0.29) is 5.82 Å². The molecule has 2 fully saturated rings. The fraction of sp³-hybridized carbons (Fsp3) is 0.800. The maximum Gasteiger partial charge on any atom is 0.126 e. The topological polar surface area (TPSA) is 0 Å². The van der Waals surface area contributed by atoms with Crippen molar-refractivity contribution >= 4 is 0 Å². The summed E-state index contributed by atoms with van der Waals surface area (Å²) in [6, 6.07) is 4.24. The SMILES string of the molecule is CCCCCCCC1CCC2CC(c3cc4c(cc3F)CC(CCC)CC4)CCC2C1. The van der Waals surface area contributed by atoms with Crippen LogP contribution in [0.25, 0.3) is 0 Å². The minimum absolute atomic E-state index is 0.111. The van der Waals surface area contributed by atoms with E-state index < -0.39 is 0 Å². The highest BCUT2D eigenvalue weighted by Gasteiger charge is 2.36. The number of unbranched alkanes of at least 4 members (excludes halogenated alkanes) is 4. The Morgan fingerprint density at radius 3 is 2.39 bits per heavy atom. The van der Waals surface area contributed by atoms with Crippen molar-refractivity contribution in [3.63, 3.8) is 0 Å². The van der Waals surface area contributed by atoms with E-state index in [4.69, 9.17) is 0 Å². The summed E-state index contributed by atoms with van der Waals surface area (Å²) in [5.41, 5.74) is 3.86. The lowest BCUT2D eigenvalue weighted by molar-refractivity contribution is 0.112. The van der Waals surface area contributed by atoms with Gasteiger partial charge in [-0.1, -0.05) is 77.7 Å². The first-order valence-corrected chi connectivity index (χ1v) is 14.0. The summed E-state index contributed by atoms with van der Waals surface area (Å²) in [4.78, 5) is 0. The van der Waals surface area contributed by atoms with Crippen LogP contribution in [0.15, 0.2) is 12.1 Å². The number of aryl methyl sites for hydroxylation is 1. The third-order valence-electron chi connectivity index (χ3n) is 9.22. The second-order valence-electron chi connectivity index (χ2n) is 11.5. The summed E-state index contributed by atoms with van der Waals surface area (Å²) >= 11 is 0. The van der Waals surface area contributed by atoms with Crippen LogP contribution in [0.1, 0.15) is 133 Å². The first kappa shape index (κ1) is 23.3. The van der Waals surface area contributed by atoms with Crippen molar-refractivity contribution in [2.24, 2.45) is 23.7 Å². The molecule has 0 amide bonds. The molecule has 4 rings (SSSR count). The van der Waals surface area contributed by atoms with Crippen LogP contribution in [0.3, 0.4) is 0 Å². The zero-order valence-electron chi connectivity index (χ0n) is 20.4. The molecule has 174 valence electrons. The van der Waals surface area contributed by atoms with Gasteiger partial charge >= 0.3 is 0 Å². The average Bonchev–Trinajstić information content (AvgIpc) is 2.78. The van der Waals surface area contributed by atoms with Crippen molar-refractivity contribution in [3.8, 4) is 0 Å². The minimum atomic E-state index is 0.111. The van der Waals surface area contributed by atoms with Crippen LogP contribution in [0.4, 0.5) is 4.39 Å². The Bertz CT molecular complexity index is 692. The Morgan fingerprint density at radius 1 is 0.742 bits per heavy atom. The Kier molecular flexibility index (Phi) is 8.52. The molecular weight excluding hydrogens is 379 g/mol. The van der Waals surface area contributed by atoms with Crippen LogP contribution in [0, 0.1) is 29.5 Å². The van der Waals surface area contributed by atoms with Crippen molar-refractivity contribution in [2.45, 2.75) is 129 Å². The number of rotatable bonds is 9. The van der Waals surface area contributed by atoms with E-state index in [1.54, 1.807) is 0 Å². The van der Waals surface area contributed by atoms with E-state index in [2.05, 4.69) is 19.9 Å². The maximum absolute atomic E-state index is 15.2. The van der Waals surface area contributed by atoms with Gasteiger partial charge in [-0.15, -0.1) is 0 Å². The van der Waals surface area contributed by atoms with E-state index in [9.17, 15) is 0 Å². The molecule has 2 saturated carbocycles. The molecule has 0 heterocycles. The van der Waals surface area contributed by atoms with Crippen LogP contribution >= 0.6 is 0 Å². The van der Waals surface area contributed by atoms with E-state index in [1.165, 1.54) is 114 Å². The maximum atomic E-state index is 15.2. The largest absolute Gasteiger partial charge is 0.207 e. The normalized spacial score (nSPS) is 30.6. The quantitative estimate of drug-likeness (QED) is 0.345. The van der Waals surface area contributed by atoms with Gasteiger partial charge in [0.05, 0.1) is 0 Å². The van der Waals surface area contributed by atoms with Crippen molar-refractivity contribution in [2.75, 3.05) is 0 Å². The van der Waals surface area contributed by atoms with Gasteiger partial charge in [-0.3, -0.25) is 0 Å². The van der Waals surface area contributed by atoms with Gasteiger partial charge in [0.15, 0.2) is 0 Å². The highest BCUT2D eigenvalue weighted by Crippen LogP contribution is 2.49. The number of halogens is 1. The molecule has 0 radical (unpaired) electrons. The smallest absolute Gasteiger partial charge is 0.126 e. The molecule has 3 aliphatic rings. The highest BCUT2D eigenvalue weighted by molar-refractivity contribution is 5.37. The van der Waals surface area contributed by atoms with Gasteiger partial charge in [-0.05, 0) is 104 Å². The second-order valence-corrected chi connectivity index (χ2v) is 11.5. The molecule has 0 N–H and O–H groups in total.